The van der Waals surface area contributed by atoms with E-state index < -0.39 is 11.8 Å². The molecule has 3 aliphatic rings. The third-order valence-electron chi connectivity index (χ3n) is 5.31. The predicted octanol–water partition coefficient (Wildman–Crippen LogP) is 0.276. The van der Waals surface area contributed by atoms with E-state index in [1.54, 1.807) is 4.42 Å². The number of rotatable bonds is 5. The van der Waals surface area contributed by atoms with Gasteiger partial charge in [-0.2, -0.15) is 0 Å². The number of hydrogen-bond donors (Lipinski definition) is 3. The number of amides is 2. The molecule has 0 aromatic rings. The monoisotopic (exact) mass is 344 g/mol. The largest absolute Gasteiger partial charge is 0.378 e. The van der Waals surface area contributed by atoms with Crippen LogP contribution in [0.5, 0.6) is 0 Å². The summed E-state index contributed by atoms with van der Waals surface area (Å²) in [6.45, 7) is 4.21. The Morgan fingerprint density at radius 3 is 2.78 bits per heavy atom. The molecule has 8 heteroatoms. The molecule has 2 saturated heterocycles. The first-order valence-corrected chi connectivity index (χ1v) is 8.70. The highest BCUT2D eigenvalue weighted by Gasteiger charge is 2.53. The summed E-state index contributed by atoms with van der Waals surface area (Å²) in [7, 11) is 0. The lowest BCUT2D eigenvalue weighted by Crippen LogP contribution is -2.66. The molecule has 23 heavy (non-hydrogen) atoms. The highest BCUT2D eigenvalue weighted by molar-refractivity contribution is 6.13. The number of ketones is 1. The minimum absolute atomic E-state index is 0.0331. The van der Waals surface area contributed by atoms with Gasteiger partial charge in [-0.25, -0.2) is 9.21 Å². The molecule has 0 spiro atoms. The number of Topliss-reactive ketones (excluding diaryl/α,β-unsaturated/α-hetero) is 1. The van der Waals surface area contributed by atoms with Crippen molar-refractivity contribution in [2.45, 2.75) is 50.4 Å². The van der Waals surface area contributed by atoms with Gasteiger partial charge in [0.1, 0.15) is 11.8 Å². The van der Waals surface area contributed by atoms with E-state index in [0.717, 1.165) is 12.8 Å². The van der Waals surface area contributed by atoms with Crippen molar-refractivity contribution in [2.24, 2.45) is 5.92 Å². The van der Waals surface area contributed by atoms with Gasteiger partial charge < -0.3 is 15.7 Å². The average Bonchev–Trinajstić information content (AvgIpc) is 3.36. The molecule has 3 N–H and O–H groups in total. The van der Waals surface area contributed by atoms with Crippen LogP contribution in [0.4, 0.5) is 4.79 Å². The van der Waals surface area contributed by atoms with Crippen LogP contribution in [0.15, 0.2) is 0 Å². The molecule has 1 saturated carbocycles. The molecule has 2 heterocycles. The van der Waals surface area contributed by atoms with Crippen molar-refractivity contribution in [3.63, 3.8) is 0 Å². The Hall–Kier alpha value is -0.890. The van der Waals surface area contributed by atoms with Crippen molar-refractivity contribution in [1.29, 1.82) is 0 Å². The molecule has 1 unspecified atom stereocenters. The maximum Gasteiger partial charge on any atom is 0.315 e. The highest BCUT2D eigenvalue weighted by atomic mass is 35.5. The van der Waals surface area contributed by atoms with Crippen LogP contribution >= 0.6 is 11.8 Å². The first-order chi connectivity index (χ1) is 10.9. The zero-order valence-electron chi connectivity index (χ0n) is 13.4. The molecule has 2 aliphatic heterocycles. The Bertz CT molecular complexity index is 487. The maximum atomic E-state index is 12.4. The zero-order valence-corrected chi connectivity index (χ0v) is 14.2. The topological polar surface area (TPSA) is 84.9 Å². The minimum Gasteiger partial charge on any atom is -0.378 e. The lowest BCUT2D eigenvalue weighted by molar-refractivity contribution is -0.127. The van der Waals surface area contributed by atoms with E-state index in [4.69, 9.17) is 11.8 Å². The molecule has 3 rings (SSSR count). The Balaban J connectivity index is 1.61. The predicted molar refractivity (Wildman–Crippen MR) is 85.8 cm³/mol. The summed E-state index contributed by atoms with van der Waals surface area (Å²) < 4.78 is 1.76. The number of carbonyl (C=O) groups excluding carboxylic acids is 2. The molecule has 2 amide bonds. The van der Waals surface area contributed by atoms with Crippen molar-refractivity contribution in [1.82, 2.24) is 20.0 Å². The molecule has 0 radical (unpaired) electrons. The summed E-state index contributed by atoms with van der Waals surface area (Å²) in [5.74, 6) is 0.248. The number of nitrogens with zero attached hydrogens (tertiary/aromatic N) is 2. The molecule has 0 aromatic carbocycles. The second kappa shape index (κ2) is 6.55. The third-order valence-corrected chi connectivity index (χ3v) is 5.82. The lowest BCUT2D eigenvalue weighted by Gasteiger charge is -2.41. The van der Waals surface area contributed by atoms with Gasteiger partial charge in [0.25, 0.3) is 0 Å². The number of halogens is 1. The number of carbonyl (C=O) groups is 2. The summed E-state index contributed by atoms with van der Waals surface area (Å²) in [4.78, 5) is 26.1. The Morgan fingerprint density at radius 2 is 2.13 bits per heavy atom. The summed E-state index contributed by atoms with van der Waals surface area (Å²) >= 11 is 6.07. The SMILES string of the molecule is C[C@H]1CN(C(O)CC[C@@]2(C3CC3)NC(=O)NCC2=O)CCN1Cl. The Kier molecular flexibility index (Phi) is 4.83. The summed E-state index contributed by atoms with van der Waals surface area (Å²) in [5.41, 5.74) is -0.788. The second-order valence-corrected chi connectivity index (χ2v) is 7.40. The van der Waals surface area contributed by atoms with Crippen LogP contribution in [0.1, 0.15) is 32.6 Å². The van der Waals surface area contributed by atoms with Crippen molar-refractivity contribution >= 4 is 23.6 Å². The summed E-state index contributed by atoms with van der Waals surface area (Å²) in [6.07, 6.45) is 2.27. The van der Waals surface area contributed by atoms with Crippen LogP contribution in [0.25, 0.3) is 0 Å². The Labute approximate surface area is 141 Å². The van der Waals surface area contributed by atoms with E-state index >= 15 is 0 Å². The quantitative estimate of drug-likeness (QED) is 0.624. The van der Waals surface area contributed by atoms with Gasteiger partial charge in [0.05, 0.1) is 6.54 Å². The van der Waals surface area contributed by atoms with Crippen LogP contribution < -0.4 is 10.6 Å². The van der Waals surface area contributed by atoms with Gasteiger partial charge in [-0.3, -0.25) is 9.69 Å². The third kappa shape index (κ3) is 3.47. The number of nitrogens with one attached hydrogen (secondary N) is 2. The van der Waals surface area contributed by atoms with Crippen molar-refractivity contribution < 1.29 is 14.7 Å². The number of aliphatic hydroxyl groups excluding tert-OH is 1. The highest BCUT2D eigenvalue weighted by Crippen LogP contribution is 2.43. The lowest BCUT2D eigenvalue weighted by atomic mass is 9.82. The fraction of sp³-hybridized carbons (Fsp3) is 0.867. The van der Waals surface area contributed by atoms with Gasteiger partial charge in [-0.05, 0) is 50.3 Å². The minimum atomic E-state index is -0.788. The molecule has 0 aromatic heterocycles. The second-order valence-electron chi connectivity index (χ2n) is 6.96. The van der Waals surface area contributed by atoms with Gasteiger partial charge in [0.15, 0.2) is 5.78 Å². The molecule has 1 aliphatic carbocycles. The van der Waals surface area contributed by atoms with E-state index in [1.807, 2.05) is 11.8 Å². The molecular weight excluding hydrogens is 320 g/mol. The normalized spacial score (nSPS) is 34.8. The number of piperazine rings is 1. The van der Waals surface area contributed by atoms with Crippen LogP contribution in [0.3, 0.4) is 0 Å². The van der Waals surface area contributed by atoms with E-state index in [1.165, 1.54) is 0 Å². The molecule has 130 valence electrons. The molecule has 3 atom stereocenters. The van der Waals surface area contributed by atoms with Crippen molar-refractivity contribution in [3.8, 4) is 0 Å². The van der Waals surface area contributed by atoms with Crippen LogP contribution in [-0.2, 0) is 4.79 Å². The summed E-state index contributed by atoms with van der Waals surface area (Å²) in [6, 6.07) is -0.104. The van der Waals surface area contributed by atoms with E-state index in [9.17, 15) is 14.7 Å². The van der Waals surface area contributed by atoms with E-state index in [0.29, 0.717) is 32.5 Å². The first-order valence-electron chi connectivity index (χ1n) is 8.36. The van der Waals surface area contributed by atoms with Crippen molar-refractivity contribution in [2.75, 3.05) is 26.2 Å². The van der Waals surface area contributed by atoms with Crippen LogP contribution in [0, 0.1) is 5.92 Å². The Morgan fingerprint density at radius 1 is 1.39 bits per heavy atom. The number of aliphatic hydroxyl groups is 1. The fourth-order valence-electron chi connectivity index (χ4n) is 3.72. The van der Waals surface area contributed by atoms with Crippen LogP contribution in [0.2, 0.25) is 0 Å². The van der Waals surface area contributed by atoms with Gasteiger partial charge in [0, 0.05) is 25.7 Å². The van der Waals surface area contributed by atoms with Gasteiger partial charge in [-0.1, -0.05) is 0 Å². The smallest absolute Gasteiger partial charge is 0.315 e. The van der Waals surface area contributed by atoms with Gasteiger partial charge in [-0.15, -0.1) is 0 Å². The number of urea groups is 1. The standard InChI is InChI=1S/C15H25ClN4O3/c1-10-9-19(6-7-20(10)16)13(22)4-5-15(11-2-3-11)12(21)8-17-14(23)18-15/h10-11,13,22H,2-9H2,1H3,(H2,17,18,23)/t10-,13?,15-/m0/s1. The molecular formula is C15H25ClN4O3. The summed E-state index contributed by atoms with van der Waals surface area (Å²) in [5, 5.41) is 15.9. The molecule has 7 nitrogen and oxygen atoms in total. The molecule has 3 fully saturated rings. The average molecular weight is 345 g/mol. The first kappa shape index (κ1) is 17.0. The molecule has 0 bridgehead atoms. The van der Waals surface area contributed by atoms with E-state index in [-0.39, 0.29) is 30.3 Å². The van der Waals surface area contributed by atoms with Crippen LogP contribution in [-0.4, -0.2) is 70.2 Å². The zero-order chi connectivity index (χ0) is 16.6. The van der Waals surface area contributed by atoms with Crippen molar-refractivity contribution in [3.05, 3.63) is 0 Å². The van der Waals surface area contributed by atoms with Gasteiger partial charge in [0.2, 0.25) is 0 Å². The fourth-order valence-corrected chi connectivity index (χ4v) is 3.86. The maximum absolute atomic E-state index is 12.4. The van der Waals surface area contributed by atoms with Gasteiger partial charge >= 0.3 is 6.03 Å². The van der Waals surface area contributed by atoms with E-state index in [2.05, 4.69) is 10.6 Å². The number of hydrogen-bond acceptors (Lipinski definition) is 5.